The van der Waals surface area contributed by atoms with E-state index in [-0.39, 0.29) is 5.69 Å². The second kappa shape index (κ2) is 6.63. The lowest BCUT2D eigenvalue weighted by Crippen LogP contribution is -2.01. The minimum absolute atomic E-state index is 0.127. The SMILES string of the molecule is COc1cccc(C(O)CSc2ccc(N)c(F)c2)c1. The summed E-state index contributed by atoms with van der Waals surface area (Å²) in [5, 5.41) is 10.1. The highest BCUT2D eigenvalue weighted by atomic mass is 32.2. The molecule has 0 aliphatic heterocycles. The highest BCUT2D eigenvalue weighted by molar-refractivity contribution is 7.99. The first-order valence-corrected chi connectivity index (χ1v) is 7.08. The van der Waals surface area contributed by atoms with E-state index in [1.54, 1.807) is 19.2 Å². The number of aliphatic hydroxyl groups is 1. The number of benzene rings is 2. The van der Waals surface area contributed by atoms with Gasteiger partial charge in [0.2, 0.25) is 0 Å². The fourth-order valence-corrected chi connectivity index (χ4v) is 2.61. The Labute approximate surface area is 121 Å². The molecule has 0 aromatic heterocycles. The second-order valence-corrected chi connectivity index (χ2v) is 5.38. The summed E-state index contributed by atoms with van der Waals surface area (Å²) in [7, 11) is 1.58. The van der Waals surface area contributed by atoms with Crippen LogP contribution in [0.4, 0.5) is 10.1 Å². The lowest BCUT2D eigenvalue weighted by atomic mass is 10.1. The van der Waals surface area contributed by atoms with Gasteiger partial charge in [-0.25, -0.2) is 4.39 Å². The van der Waals surface area contributed by atoms with Gasteiger partial charge in [-0.3, -0.25) is 0 Å². The number of nitrogen functional groups attached to an aromatic ring is 1. The number of anilines is 1. The van der Waals surface area contributed by atoms with Crippen molar-refractivity contribution in [2.75, 3.05) is 18.6 Å². The molecule has 5 heteroatoms. The fraction of sp³-hybridized carbons (Fsp3) is 0.200. The summed E-state index contributed by atoms with van der Waals surface area (Å²) in [6.45, 7) is 0. The molecule has 3 nitrogen and oxygen atoms in total. The zero-order valence-electron chi connectivity index (χ0n) is 11.0. The normalized spacial score (nSPS) is 12.2. The van der Waals surface area contributed by atoms with Crippen LogP contribution in [0.15, 0.2) is 47.4 Å². The Morgan fingerprint density at radius 2 is 2.10 bits per heavy atom. The Bertz CT molecular complexity index is 592. The van der Waals surface area contributed by atoms with Gasteiger partial charge in [0.15, 0.2) is 0 Å². The summed E-state index contributed by atoms with van der Waals surface area (Å²) in [6, 6.07) is 11.9. The fourth-order valence-electron chi connectivity index (χ4n) is 1.72. The Balaban J connectivity index is 2.00. The van der Waals surface area contributed by atoms with E-state index in [2.05, 4.69) is 0 Å². The maximum absolute atomic E-state index is 13.3. The number of halogens is 1. The molecule has 0 amide bonds. The maximum Gasteiger partial charge on any atom is 0.147 e. The third kappa shape index (κ3) is 3.65. The molecule has 0 spiro atoms. The number of aliphatic hydroxyl groups excluding tert-OH is 1. The largest absolute Gasteiger partial charge is 0.497 e. The molecule has 2 aromatic rings. The third-order valence-corrected chi connectivity index (χ3v) is 3.93. The average Bonchev–Trinajstić information content (AvgIpc) is 2.48. The van der Waals surface area contributed by atoms with Crippen molar-refractivity contribution in [3.8, 4) is 5.75 Å². The van der Waals surface area contributed by atoms with E-state index < -0.39 is 11.9 Å². The summed E-state index contributed by atoms with van der Waals surface area (Å²) >= 11 is 1.37. The molecule has 0 heterocycles. The average molecular weight is 293 g/mol. The van der Waals surface area contributed by atoms with Crippen LogP contribution in [0.25, 0.3) is 0 Å². The molecule has 0 fully saturated rings. The van der Waals surface area contributed by atoms with Crippen molar-refractivity contribution in [1.82, 2.24) is 0 Å². The van der Waals surface area contributed by atoms with Gasteiger partial charge in [0.25, 0.3) is 0 Å². The lowest BCUT2D eigenvalue weighted by molar-refractivity contribution is 0.203. The van der Waals surface area contributed by atoms with E-state index in [9.17, 15) is 9.50 Å². The number of hydrogen-bond acceptors (Lipinski definition) is 4. The predicted octanol–water partition coefficient (Wildman–Crippen LogP) is 3.24. The molecule has 0 radical (unpaired) electrons. The smallest absolute Gasteiger partial charge is 0.147 e. The van der Waals surface area contributed by atoms with Crippen molar-refractivity contribution in [1.29, 1.82) is 0 Å². The van der Waals surface area contributed by atoms with Crippen LogP contribution in [0.2, 0.25) is 0 Å². The second-order valence-electron chi connectivity index (χ2n) is 4.29. The zero-order valence-corrected chi connectivity index (χ0v) is 11.9. The van der Waals surface area contributed by atoms with Gasteiger partial charge in [0.1, 0.15) is 11.6 Å². The van der Waals surface area contributed by atoms with Crippen LogP contribution in [0.1, 0.15) is 11.7 Å². The van der Waals surface area contributed by atoms with Crippen molar-refractivity contribution < 1.29 is 14.2 Å². The van der Waals surface area contributed by atoms with E-state index in [0.29, 0.717) is 11.5 Å². The van der Waals surface area contributed by atoms with E-state index in [1.807, 2.05) is 18.2 Å². The number of hydrogen-bond donors (Lipinski definition) is 2. The highest BCUT2D eigenvalue weighted by Gasteiger charge is 2.10. The molecule has 0 aliphatic carbocycles. The van der Waals surface area contributed by atoms with Gasteiger partial charge in [-0.15, -0.1) is 11.8 Å². The van der Waals surface area contributed by atoms with Gasteiger partial charge in [-0.05, 0) is 35.9 Å². The maximum atomic E-state index is 13.3. The molecule has 20 heavy (non-hydrogen) atoms. The molecular formula is C15H16FNO2S. The monoisotopic (exact) mass is 293 g/mol. The molecule has 0 aliphatic rings. The molecule has 0 saturated heterocycles. The Hall–Kier alpha value is -1.72. The summed E-state index contributed by atoms with van der Waals surface area (Å²) in [6.07, 6.45) is -0.643. The predicted molar refractivity (Wildman–Crippen MR) is 79.5 cm³/mol. The molecule has 2 rings (SSSR count). The highest BCUT2D eigenvalue weighted by Crippen LogP contribution is 2.28. The van der Waals surface area contributed by atoms with Crippen LogP contribution in [0, 0.1) is 5.82 Å². The topological polar surface area (TPSA) is 55.5 Å². The standard InChI is InChI=1S/C15H16FNO2S/c1-19-11-4-2-3-10(7-11)15(18)9-20-12-5-6-14(17)13(16)8-12/h2-8,15,18H,9,17H2,1H3. The van der Waals surface area contributed by atoms with Gasteiger partial charge in [0, 0.05) is 10.6 Å². The van der Waals surface area contributed by atoms with Gasteiger partial charge >= 0.3 is 0 Å². The number of thioether (sulfide) groups is 1. The van der Waals surface area contributed by atoms with Crippen LogP contribution in [0.5, 0.6) is 5.75 Å². The summed E-state index contributed by atoms with van der Waals surface area (Å²) in [5.41, 5.74) is 6.32. The van der Waals surface area contributed by atoms with Crippen LogP contribution in [-0.2, 0) is 0 Å². The Morgan fingerprint density at radius 3 is 2.80 bits per heavy atom. The number of rotatable bonds is 5. The first-order chi connectivity index (χ1) is 9.60. The van der Waals surface area contributed by atoms with Crippen LogP contribution in [-0.4, -0.2) is 18.0 Å². The van der Waals surface area contributed by atoms with E-state index in [1.165, 1.54) is 23.9 Å². The lowest BCUT2D eigenvalue weighted by Gasteiger charge is -2.12. The minimum atomic E-state index is -0.643. The first-order valence-electron chi connectivity index (χ1n) is 6.10. The number of nitrogens with two attached hydrogens (primary N) is 1. The van der Waals surface area contributed by atoms with Crippen molar-refractivity contribution in [3.05, 3.63) is 53.8 Å². The zero-order chi connectivity index (χ0) is 14.5. The Kier molecular flexibility index (Phi) is 4.87. The first kappa shape index (κ1) is 14.7. The number of methoxy groups -OCH3 is 1. The van der Waals surface area contributed by atoms with E-state index in [0.717, 1.165) is 10.5 Å². The molecule has 1 atom stereocenters. The van der Waals surface area contributed by atoms with Gasteiger partial charge in [-0.2, -0.15) is 0 Å². The van der Waals surface area contributed by atoms with Gasteiger partial charge in [0.05, 0.1) is 18.9 Å². The van der Waals surface area contributed by atoms with Gasteiger partial charge < -0.3 is 15.6 Å². The van der Waals surface area contributed by atoms with Crippen LogP contribution < -0.4 is 10.5 Å². The third-order valence-electron chi connectivity index (χ3n) is 2.86. The molecule has 0 saturated carbocycles. The van der Waals surface area contributed by atoms with Crippen molar-refractivity contribution in [3.63, 3.8) is 0 Å². The van der Waals surface area contributed by atoms with Gasteiger partial charge in [-0.1, -0.05) is 12.1 Å². The summed E-state index contributed by atoms with van der Waals surface area (Å²) in [5.74, 6) is 0.687. The molecule has 2 aromatic carbocycles. The molecular weight excluding hydrogens is 277 g/mol. The molecule has 3 N–H and O–H groups in total. The van der Waals surface area contributed by atoms with Crippen LogP contribution >= 0.6 is 11.8 Å². The summed E-state index contributed by atoms with van der Waals surface area (Å²) < 4.78 is 18.4. The molecule has 106 valence electrons. The van der Waals surface area contributed by atoms with Crippen molar-refractivity contribution in [2.24, 2.45) is 0 Å². The quantitative estimate of drug-likeness (QED) is 0.656. The van der Waals surface area contributed by atoms with Crippen LogP contribution in [0.3, 0.4) is 0 Å². The van der Waals surface area contributed by atoms with Crippen molar-refractivity contribution in [2.45, 2.75) is 11.0 Å². The van der Waals surface area contributed by atoms with E-state index >= 15 is 0 Å². The molecule has 0 bridgehead atoms. The summed E-state index contributed by atoms with van der Waals surface area (Å²) in [4.78, 5) is 0.735. The Morgan fingerprint density at radius 1 is 1.30 bits per heavy atom. The minimum Gasteiger partial charge on any atom is -0.497 e. The van der Waals surface area contributed by atoms with Crippen molar-refractivity contribution >= 4 is 17.4 Å². The number of ether oxygens (including phenoxy) is 1. The van der Waals surface area contributed by atoms with E-state index in [4.69, 9.17) is 10.5 Å². The molecule has 1 unspecified atom stereocenters.